The molecular weight excluding hydrogens is 473 g/mol. The molecule has 0 bridgehead atoms. The van der Waals surface area contributed by atoms with Crippen molar-refractivity contribution in [3.05, 3.63) is 42.0 Å². The zero-order valence-electron chi connectivity index (χ0n) is 18.1. The van der Waals surface area contributed by atoms with Gasteiger partial charge >= 0.3 is 0 Å². The summed E-state index contributed by atoms with van der Waals surface area (Å²) in [6, 6.07) is 10.7. The van der Waals surface area contributed by atoms with Crippen molar-refractivity contribution in [1.82, 2.24) is 20.0 Å². The van der Waals surface area contributed by atoms with Crippen molar-refractivity contribution in [3.63, 3.8) is 0 Å². The molecule has 1 saturated heterocycles. The molecule has 1 fully saturated rings. The Hall–Kier alpha value is -1.12. The molecule has 1 aromatic rings. The molecule has 29 heavy (non-hydrogen) atoms. The number of guanidine groups is 1. The largest absolute Gasteiger partial charge is 0.357 e. The second kappa shape index (κ2) is 13.2. The molecule has 0 spiro atoms. The lowest BCUT2D eigenvalue weighted by molar-refractivity contribution is 0.152. The van der Waals surface area contributed by atoms with E-state index in [1.165, 1.54) is 56.7 Å². The van der Waals surface area contributed by atoms with E-state index in [1.54, 1.807) is 0 Å². The maximum absolute atomic E-state index is 4.91. The van der Waals surface area contributed by atoms with Crippen LogP contribution in [0.25, 0.3) is 5.57 Å². The third-order valence-electron chi connectivity index (χ3n) is 5.73. The molecule has 0 atom stereocenters. The molecule has 162 valence electrons. The molecule has 0 saturated carbocycles. The second-order valence-electron chi connectivity index (χ2n) is 7.88. The zero-order valence-corrected chi connectivity index (χ0v) is 20.5. The van der Waals surface area contributed by atoms with Crippen LogP contribution in [0.2, 0.25) is 0 Å². The maximum atomic E-state index is 4.91. The summed E-state index contributed by atoms with van der Waals surface area (Å²) in [6.45, 7) is 12.0. The van der Waals surface area contributed by atoms with Gasteiger partial charge in [0.15, 0.2) is 5.96 Å². The van der Waals surface area contributed by atoms with E-state index < -0.39 is 0 Å². The summed E-state index contributed by atoms with van der Waals surface area (Å²) in [5.74, 6) is 1.07. The first-order chi connectivity index (χ1) is 13.8. The van der Waals surface area contributed by atoms with Crippen LogP contribution in [0, 0.1) is 0 Å². The molecule has 0 aliphatic carbocycles. The molecule has 5 nitrogen and oxygen atoms in total. The van der Waals surface area contributed by atoms with Crippen molar-refractivity contribution in [3.8, 4) is 0 Å². The minimum absolute atomic E-state index is 0. The predicted octanol–water partition coefficient (Wildman–Crippen LogP) is 3.39. The molecule has 2 aliphatic rings. The van der Waals surface area contributed by atoms with E-state index in [4.69, 9.17) is 4.99 Å². The lowest BCUT2D eigenvalue weighted by Crippen LogP contribution is -2.44. The van der Waals surface area contributed by atoms with Crippen LogP contribution in [0.15, 0.2) is 41.4 Å². The van der Waals surface area contributed by atoms with Gasteiger partial charge in [-0.05, 0) is 50.9 Å². The van der Waals surface area contributed by atoms with Gasteiger partial charge in [-0.15, -0.1) is 24.0 Å². The quantitative estimate of drug-likeness (QED) is 0.264. The summed E-state index contributed by atoms with van der Waals surface area (Å²) in [5.41, 5.74) is 2.81. The van der Waals surface area contributed by atoms with Crippen LogP contribution in [-0.4, -0.2) is 86.6 Å². The van der Waals surface area contributed by atoms with Crippen LogP contribution >= 0.6 is 24.0 Å². The van der Waals surface area contributed by atoms with E-state index in [2.05, 4.69) is 70.4 Å². The van der Waals surface area contributed by atoms with E-state index in [0.717, 1.165) is 38.6 Å². The van der Waals surface area contributed by atoms with Gasteiger partial charge in [0.25, 0.3) is 0 Å². The zero-order chi connectivity index (χ0) is 19.6. The molecule has 0 radical (unpaired) electrons. The first-order valence-electron chi connectivity index (χ1n) is 10.9. The first kappa shape index (κ1) is 24.2. The van der Waals surface area contributed by atoms with Crippen molar-refractivity contribution in [2.75, 3.05) is 66.0 Å². The highest BCUT2D eigenvalue weighted by atomic mass is 127. The Morgan fingerprint density at radius 2 is 1.79 bits per heavy atom. The lowest BCUT2D eigenvalue weighted by Gasteiger charge is -2.32. The van der Waals surface area contributed by atoms with Crippen molar-refractivity contribution < 1.29 is 0 Å². The fraction of sp³-hybridized carbons (Fsp3) is 0.609. The van der Waals surface area contributed by atoms with E-state index in [0.29, 0.717) is 0 Å². The fourth-order valence-electron chi connectivity index (χ4n) is 3.91. The number of hydrogen-bond acceptors (Lipinski definition) is 3. The highest BCUT2D eigenvalue weighted by Crippen LogP contribution is 2.22. The molecular formula is C23H38IN5. The smallest absolute Gasteiger partial charge is 0.194 e. The van der Waals surface area contributed by atoms with Crippen molar-refractivity contribution in [2.45, 2.75) is 26.2 Å². The number of benzene rings is 1. The molecule has 0 unspecified atom stereocenters. The monoisotopic (exact) mass is 511 g/mol. The van der Waals surface area contributed by atoms with Crippen LogP contribution in [0.3, 0.4) is 0 Å². The molecule has 3 rings (SSSR count). The highest BCUT2D eigenvalue weighted by molar-refractivity contribution is 14.0. The Labute approximate surface area is 194 Å². The number of aliphatic imine (C=N–C) groups is 1. The standard InChI is InChI=1S/C23H37N5.HI/c1-3-24-23(25-13-7-8-14-27-19-17-26(2)18-20-27)28-15-11-22(12-16-28)21-9-5-4-6-10-21;/h4-6,9-11H,3,7-8,12-20H2,1-2H3,(H,24,25);1H. The summed E-state index contributed by atoms with van der Waals surface area (Å²) in [5, 5.41) is 3.48. The molecule has 2 heterocycles. The topological polar surface area (TPSA) is 34.1 Å². The van der Waals surface area contributed by atoms with Crippen molar-refractivity contribution in [2.24, 2.45) is 4.99 Å². The van der Waals surface area contributed by atoms with Crippen LogP contribution in [0.5, 0.6) is 0 Å². The van der Waals surface area contributed by atoms with E-state index in [9.17, 15) is 0 Å². The number of piperazine rings is 1. The summed E-state index contributed by atoms with van der Waals surface area (Å²) in [6.07, 6.45) is 5.85. The van der Waals surface area contributed by atoms with Crippen LogP contribution < -0.4 is 5.32 Å². The molecule has 6 heteroatoms. The average molecular weight is 511 g/mol. The van der Waals surface area contributed by atoms with E-state index in [1.807, 2.05) is 0 Å². The van der Waals surface area contributed by atoms with Gasteiger partial charge < -0.3 is 20.0 Å². The fourth-order valence-corrected chi connectivity index (χ4v) is 3.91. The minimum atomic E-state index is 0. The number of nitrogens with zero attached hydrogens (tertiary/aromatic N) is 4. The van der Waals surface area contributed by atoms with Gasteiger partial charge in [0.05, 0.1) is 0 Å². The van der Waals surface area contributed by atoms with E-state index >= 15 is 0 Å². The van der Waals surface area contributed by atoms with Crippen LogP contribution in [0.1, 0.15) is 31.7 Å². The molecule has 2 aliphatic heterocycles. The Morgan fingerprint density at radius 1 is 1.03 bits per heavy atom. The highest BCUT2D eigenvalue weighted by Gasteiger charge is 2.16. The number of hydrogen-bond donors (Lipinski definition) is 1. The lowest BCUT2D eigenvalue weighted by atomic mass is 10.00. The van der Waals surface area contributed by atoms with Crippen molar-refractivity contribution in [1.29, 1.82) is 0 Å². The number of nitrogens with one attached hydrogen (secondary N) is 1. The summed E-state index contributed by atoms with van der Waals surface area (Å²) in [4.78, 5) is 12.3. The Balaban J connectivity index is 0.00000300. The Morgan fingerprint density at radius 3 is 2.45 bits per heavy atom. The Bertz CT molecular complexity index is 638. The third kappa shape index (κ3) is 7.90. The molecule has 0 amide bonds. The van der Waals surface area contributed by atoms with Gasteiger partial charge in [-0.1, -0.05) is 36.4 Å². The van der Waals surface area contributed by atoms with Gasteiger partial charge in [0, 0.05) is 52.4 Å². The third-order valence-corrected chi connectivity index (χ3v) is 5.73. The van der Waals surface area contributed by atoms with Gasteiger partial charge in [-0.2, -0.15) is 0 Å². The second-order valence-corrected chi connectivity index (χ2v) is 7.88. The molecule has 1 aromatic carbocycles. The predicted molar refractivity (Wildman–Crippen MR) is 135 cm³/mol. The van der Waals surface area contributed by atoms with Crippen LogP contribution in [0.4, 0.5) is 0 Å². The van der Waals surface area contributed by atoms with Crippen LogP contribution in [-0.2, 0) is 0 Å². The average Bonchev–Trinajstić information content (AvgIpc) is 2.75. The number of unbranched alkanes of at least 4 members (excludes halogenated alkanes) is 1. The summed E-state index contributed by atoms with van der Waals surface area (Å²) >= 11 is 0. The number of rotatable bonds is 7. The van der Waals surface area contributed by atoms with Gasteiger partial charge in [-0.3, -0.25) is 4.99 Å². The van der Waals surface area contributed by atoms with Gasteiger partial charge in [0.2, 0.25) is 0 Å². The SMILES string of the molecule is CCNC(=NCCCCN1CCN(C)CC1)N1CC=C(c2ccccc2)CC1.I. The van der Waals surface area contributed by atoms with Crippen molar-refractivity contribution >= 4 is 35.5 Å². The maximum Gasteiger partial charge on any atom is 0.194 e. The Kier molecular flexibility index (Phi) is 11.0. The number of halogens is 1. The van der Waals surface area contributed by atoms with Gasteiger partial charge in [-0.25, -0.2) is 0 Å². The molecule has 0 aromatic heterocycles. The molecule has 1 N–H and O–H groups in total. The normalized spacial score (nSPS) is 18.9. The van der Waals surface area contributed by atoms with E-state index in [-0.39, 0.29) is 24.0 Å². The van der Waals surface area contributed by atoms with Gasteiger partial charge in [0.1, 0.15) is 0 Å². The number of likely N-dealkylation sites (N-methyl/N-ethyl adjacent to an activating group) is 1. The first-order valence-corrected chi connectivity index (χ1v) is 10.9. The summed E-state index contributed by atoms with van der Waals surface area (Å²) < 4.78 is 0. The minimum Gasteiger partial charge on any atom is -0.357 e. The summed E-state index contributed by atoms with van der Waals surface area (Å²) in [7, 11) is 2.22.